The van der Waals surface area contributed by atoms with Gasteiger partial charge in [-0.3, -0.25) is 10.4 Å². The van der Waals surface area contributed by atoms with Crippen LogP contribution in [0.15, 0.2) is 58.3 Å². The van der Waals surface area contributed by atoms with E-state index in [2.05, 4.69) is 0 Å². The Morgan fingerprint density at radius 1 is 0.818 bits per heavy atom. The molecule has 2 aromatic carbocycles. The first-order valence-corrected chi connectivity index (χ1v) is 8.72. The highest BCUT2D eigenvalue weighted by Gasteiger charge is 2.12. The van der Waals surface area contributed by atoms with E-state index in [0.29, 0.717) is 11.5 Å². The summed E-state index contributed by atoms with van der Waals surface area (Å²) >= 11 is 0. The fourth-order valence-electron chi connectivity index (χ4n) is 1.57. The average Bonchev–Trinajstić information content (AvgIpc) is 2.47. The van der Waals surface area contributed by atoms with Gasteiger partial charge in [0.05, 0.1) is 9.79 Å². The predicted octanol–water partition coefficient (Wildman–Crippen LogP) is 0.878. The van der Waals surface area contributed by atoms with Crippen molar-refractivity contribution in [3.8, 4) is 11.5 Å². The summed E-state index contributed by atoms with van der Waals surface area (Å²) in [5, 5.41) is 0. The molecule has 0 spiro atoms. The van der Waals surface area contributed by atoms with Gasteiger partial charge in [0.25, 0.3) is 20.1 Å². The van der Waals surface area contributed by atoms with Crippen LogP contribution in [0.2, 0.25) is 0 Å². The summed E-state index contributed by atoms with van der Waals surface area (Å²) in [6.07, 6.45) is 0. The fourth-order valence-corrected chi connectivity index (χ4v) is 2.68. The minimum absolute atomic E-state index is 0.0240. The molecule has 8 nitrogen and oxygen atoms in total. The molecule has 0 bridgehead atoms. The largest absolute Gasteiger partial charge is 0.457 e. The van der Waals surface area contributed by atoms with Crippen LogP contribution >= 0.6 is 0 Å². The van der Waals surface area contributed by atoms with Gasteiger partial charge in [0.1, 0.15) is 11.5 Å². The summed E-state index contributed by atoms with van der Waals surface area (Å²) in [6.45, 7) is 0. The van der Waals surface area contributed by atoms with Crippen LogP contribution in [0.25, 0.3) is 0 Å². The second-order valence-electron chi connectivity index (χ2n) is 4.14. The molecule has 0 aliphatic heterocycles. The van der Waals surface area contributed by atoms with E-state index in [9.17, 15) is 16.8 Å². The van der Waals surface area contributed by atoms with Crippen molar-refractivity contribution in [1.82, 2.24) is 4.83 Å². The van der Waals surface area contributed by atoms with Gasteiger partial charge in [0.15, 0.2) is 0 Å². The molecule has 0 amide bonds. The molecule has 118 valence electrons. The van der Waals surface area contributed by atoms with Crippen LogP contribution in [-0.4, -0.2) is 21.4 Å². The highest BCUT2D eigenvalue weighted by molar-refractivity contribution is 7.89. The quantitative estimate of drug-likeness (QED) is 0.416. The molecule has 0 aliphatic rings. The van der Waals surface area contributed by atoms with Crippen molar-refractivity contribution in [1.29, 1.82) is 0 Å². The summed E-state index contributed by atoms with van der Waals surface area (Å²) < 4.78 is 59.0. The van der Waals surface area contributed by atoms with Gasteiger partial charge in [-0.2, -0.15) is 13.2 Å². The van der Waals surface area contributed by atoms with E-state index in [1.807, 2.05) is 0 Å². The van der Waals surface area contributed by atoms with Gasteiger partial charge in [-0.1, -0.05) is 0 Å². The molecule has 4 N–H and O–H groups in total. The second-order valence-corrected chi connectivity index (χ2v) is 7.28. The van der Waals surface area contributed by atoms with Gasteiger partial charge in [-0.15, -0.1) is 0 Å². The summed E-state index contributed by atoms with van der Waals surface area (Å²) in [7, 11) is -7.99. The summed E-state index contributed by atoms with van der Waals surface area (Å²) in [5.74, 6) is 5.57. The lowest BCUT2D eigenvalue weighted by molar-refractivity contribution is 0.477. The Balaban J connectivity index is 2.18. The first-order chi connectivity index (χ1) is 10.2. The van der Waals surface area contributed by atoms with Crippen LogP contribution in [0.1, 0.15) is 0 Å². The van der Waals surface area contributed by atoms with Gasteiger partial charge >= 0.3 is 0 Å². The molecule has 0 radical (unpaired) electrons. The van der Waals surface area contributed by atoms with Gasteiger partial charge < -0.3 is 4.74 Å². The SMILES string of the molecule is NNS(=O)(=O)c1ccc(Oc2ccc(S(=O)(=O)O)cc2)cc1. The van der Waals surface area contributed by atoms with Gasteiger partial charge in [-0.25, -0.2) is 8.42 Å². The van der Waals surface area contributed by atoms with Crippen molar-refractivity contribution in [3.63, 3.8) is 0 Å². The van der Waals surface area contributed by atoms with Crippen molar-refractivity contribution in [2.24, 2.45) is 5.84 Å². The zero-order chi connectivity index (χ0) is 16.4. The number of hydrogen-bond acceptors (Lipinski definition) is 6. The number of hydrazine groups is 1. The third-order valence-corrected chi connectivity index (χ3v) is 4.72. The van der Waals surface area contributed by atoms with Crippen LogP contribution < -0.4 is 15.4 Å². The molecular formula is C12H12N2O6S2. The van der Waals surface area contributed by atoms with Crippen molar-refractivity contribution in [2.75, 3.05) is 0 Å². The molecule has 0 aliphatic carbocycles. The van der Waals surface area contributed by atoms with E-state index in [0.717, 1.165) is 0 Å². The van der Waals surface area contributed by atoms with Crippen molar-refractivity contribution in [3.05, 3.63) is 48.5 Å². The zero-order valence-electron chi connectivity index (χ0n) is 11.0. The molecule has 2 aromatic rings. The number of rotatable bonds is 5. The van der Waals surface area contributed by atoms with Crippen molar-refractivity contribution >= 4 is 20.1 Å². The highest BCUT2D eigenvalue weighted by atomic mass is 32.2. The second kappa shape index (κ2) is 6.02. The lowest BCUT2D eigenvalue weighted by atomic mass is 10.3. The molecule has 10 heteroatoms. The van der Waals surface area contributed by atoms with Crippen LogP contribution in [0.3, 0.4) is 0 Å². The lowest BCUT2D eigenvalue weighted by Crippen LogP contribution is -2.30. The molecule has 0 heterocycles. The topological polar surface area (TPSA) is 136 Å². The minimum Gasteiger partial charge on any atom is -0.457 e. The van der Waals surface area contributed by atoms with Crippen molar-refractivity contribution in [2.45, 2.75) is 9.79 Å². The third kappa shape index (κ3) is 3.81. The molecule has 0 aromatic heterocycles. The Kier molecular flexibility index (Phi) is 4.49. The molecule has 2 rings (SSSR count). The lowest BCUT2D eigenvalue weighted by Gasteiger charge is -2.07. The molecule has 22 heavy (non-hydrogen) atoms. The van der Waals surface area contributed by atoms with Crippen LogP contribution in [0, 0.1) is 0 Å². The van der Waals surface area contributed by atoms with Gasteiger partial charge in [-0.05, 0) is 48.5 Å². The number of sulfonamides is 1. The smallest absolute Gasteiger partial charge is 0.294 e. The summed E-state index contributed by atoms with van der Waals surface area (Å²) in [4.78, 5) is 1.42. The summed E-state index contributed by atoms with van der Waals surface area (Å²) in [5.41, 5.74) is 0. The number of nitrogens with two attached hydrogens (primary N) is 1. The Labute approximate surface area is 127 Å². The average molecular weight is 344 g/mol. The standard InChI is InChI=1S/C12H12N2O6S2/c13-14-21(15,16)11-5-1-9(2-6-11)20-10-3-7-12(8-4-10)22(17,18)19/h1-8,14H,13H2,(H,17,18,19). The maximum Gasteiger partial charge on any atom is 0.294 e. The van der Waals surface area contributed by atoms with E-state index in [1.165, 1.54) is 48.5 Å². The summed E-state index contributed by atoms with van der Waals surface area (Å²) in [6, 6.07) is 10.5. The molecule has 0 unspecified atom stereocenters. The molecule has 0 saturated carbocycles. The minimum atomic E-state index is -4.26. The first-order valence-electron chi connectivity index (χ1n) is 5.80. The Hall–Kier alpha value is -1.98. The molecule has 0 saturated heterocycles. The molecule has 0 atom stereocenters. The molecule has 0 fully saturated rings. The number of hydrogen-bond donors (Lipinski definition) is 3. The van der Waals surface area contributed by atoms with E-state index in [1.54, 1.807) is 4.83 Å². The predicted molar refractivity (Wildman–Crippen MR) is 77.3 cm³/mol. The van der Waals surface area contributed by atoms with E-state index >= 15 is 0 Å². The zero-order valence-corrected chi connectivity index (χ0v) is 12.6. The molecular weight excluding hydrogens is 332 g/mol. The Morgan fingerprint density at radius 3 is 1.59 bits per heavy atom. The number of ether oxygens (including phenoxy) is 1. The normalized spacial score (nSPS) is 12.1. The monoisotopic (exact) mass is 344 g/mol. The highest BCUT2D eigenvalue weighted by Crippen LogP contribution is 2.24. The maximum atomic E-state index is 11.4. The number of benzene rings is 2. The third-order valence-electron chi connectivity index (χ3n) is 2.65. The van der Waals surface area contributed by atoms with Crippen LogP contribution in [0.4, 0.5) is 0 Å². The van der Waals surface area contributed by atoms with Crippen LogP contribution in [0.5, 0.6) is 11.5 Å². The van der Waals surface area contributed by atoms with Gasteiger partial charge in [0.2, 0.25) is 0 Å². The van der Waals surface area contributed by atoms with Crippen molar-refractivity contribution < 1.29 is 26.1 Å². The maximum absolute atomic E-state index is 11.4. The van der Waals surface area contributed by atoms with E-state index in [4.69, 9.17) is 15.1 Å². The Bertz CT molecular complexity index is 859. The van der Waals surface area contributed by atoms with Crippen LogP contribution in [-0.2, 0) is 20.1 Å². The van der Waals surface area contributed by atoms with Gasteiger partial charge in [0, 0.05) is 0 Å². The number of nitrogens with one attached hydrogen (secondary N) is 1. The van der Waals surface area contributed by atoms with E-state index < -0.39 is 20.1 Å². The first kappa shape index (κ1) is 16.4. The Morgan fingerprint density at radius 2 is 1.23 bits per heavy atom. The fraction of sp³-hybridized carbons (Fsp3) is 0. The van der Waals surface area contributed by atoms with E-state index in [-0.39, 0.29) is 9.79 Å².